The minimum atomic E-state index is -1.03. The Morgan fingerprint density at radius 1 is 0.848 bits per heavy atom. The normalized spacial score (nSPS) is 11.5. The van der Waals surface area contributed by atoms with Crippen molar-refractivity contribution < 1.29 is 19.1 Å². The first kappa shape index (κ1) is 23.5. The maximum absolute atomic E-state index is 12.8. The van der Waals surface area contributed by atoms with Gasteiger partial charge in [-0.1, -0.05) is 60.7 Å². The van der Waals surface area contributed by atoms with Gasteiger partial charge in [0.25, 0.3) is 5.56 Å². The molecule has 0 aliphatic carbocycles. The van der Waals surface area contributed by atoms with Crippen LogP contribution < -0.4 is 16.6 Å². The molecule has 0 radical (unpaired) electrons. The third-order valence-corrected chi connectivity index (χ3v) is 5.06. The molecule has 1 atom stereocenters. The van der Waals surface area contributed by atoms with Crippen LogP contribution in [0.3, 0.4) is 0 Å². The fourth-order valence-corrected chi connectivity index (χ4v) is 3.11. The molecule has 1 heterocycles. The van der Waals surface area contributed by atoms with E-state index in [2.05, 4.69) is 5.32 Å². The number of carbonyl (C=O) groups excluding carboxylic acids is 2. The standard InChI is InChI=1S/C24H25N3O6/c1-26-19(14-21(28)27(2)24(26)31)16-32-22(29)20(13-17-9-5-3-6-10-17)25-23(30)33-15-18-11-7-4-8-12-18/h3-12,14,20H,13,15-16H2,1-2H3,(H,25,30)/t20-/m0/s1. The summed E-state index contributed by atoms with van der Waals surface area (Å²) in [6.45, 7) is -0.248. The summed E-state index contributed by atoms with van der Waals surface area (Å²) < 4.78 is 12.7. The summed E-state index contributed by atoms with van der Waals surface area (Å²) >= 11 is 0. The number of aromatic nitrogens is 2. The molecule has 9 heteroatoms. The maximum Gasteiger partial charge on any atom is 0.408 e. The van der Waals surface area contributed by atoms with Gasteiger partial charge in [0, 0.05) is 26.6 Å². The molecule has 172 valence electrons. The molecule has 3 rings (SSSR count). The average Bonchev–Trinajstić information content (AvgIpc) is 2.83. The van der Waals surface area contributed by atoms with Crippen molar-refractivity contribution >= 4 is 12.1 Å². The molecule has 9 nitrogen and oxygen atoms in total. The Labute approximate surface area is 190 Å². The lowest BCUT2D eigenvalue weighted by atomic mass is 10.1. The summed E-state index contributed by atoms with van der Waals surface area (Å²) in [4.78, 5) is 49.1. The van der Waals surface area contributed by atoms with Crippen LogP contribution in [0.1, 0.15) is 16.8 Å². The number of benzene rings is 2. The number of hydrogen-bond acceptors (Lipinski definition) is 6. The summed E-state index contributed by atoms with van der Waals surface area (Å²) in [5.74, 6) is -0.719. The molecular weight excluding hydrogens is 426 g/mol. The molecule has 0 unspecified atom stereocenters. The second-order valence-corrected chi connectivity index (χ2v) is 7.43. The minimum Gasteiger partial charge on any atom is -0.458 e. The molecule has 0 saturated heterocycles. The molecule has 1 amide bonds. The minimum absolute atomic E-state index is 0.0508. The Morgan fingerprint density at radius 3 is 2.09 bits per heavy atom. The summed E-state index contributed by atoms with van der Waals surface area (Å²) in [5, 5.41) is 2.55. The number of ether oxygens (including phenoxy) is 2. The van der Waals surface area contributed by atoms with Crippen molar-refractivity contribution in [2.24, 2.45) is 14.1 Å². The van der Waals surface area contributed by atoms with Crippen molar-refractivity contribution in [2.75, 3.05) is 0 Å². The molecule has 0 aliphatic heterocycles. The van der Waals surface area contributed by atoms with Gasteiger partial charge in [0.2, 0.25) is 0 Å². The van der Waals surface area contributed by atoms with E-state index >= 15 is 0 Å². The predicted octanol–water partition coefficient (Wildman–Crippen LogP) is 1.66. The zero-order chi connectivity index (χ0) is 23.8. The predicted molar refractivity (Wildman–Crippen MR) is 120 cm³/mol. The molecule has 1 N–H and O–H groups in total. The summed E-state index contributed by atoms with van der Waals surface area (Å²) in [6.07, 6.45) is -0.590. The second-order valence-electron chi connectivity index (χ2n) is 7.43. The van der Waals surface area contributed by atoms with Crippen LogP contribution in [0.4, 0.5) is 4.79 Å². The molecule has 0 spiro atoms. The third kappa shape index (κ3) is 6.42. The van der Waals surface area contributed by atoms with Gasteiger partial charge in [-0.15, -0.1) is 0 Å². The number of nitrogens with one attached hydrogen (secondary N) is 1. The Hall–Kier alpha value is -4.14. The molecular formula is C24H25N3O6. The fraction of sp³-hybridized carbons (Fsp3) is 0.250. The van der Waals surface area contributed by atoms with E-state index in [0.717, 1.165) is 15.7 Å². The van der Waals surface area contributed by atoms with Crippen LogP contribution in [0.15, 0.2) is 76.3 Å². The van der Waals surface area contributed by atoms with Gasteiger partial charge >= 0.3 is 17.8 Å². The summed E-state index contributed by atoms with van der Waals surface area (Å²) in [5.41, 5.74) is 0.816. The monoisotopic (exact) mass is 451 g/mol. The van der Waals surface area contributed by atoms with Crippen molar-refractivity contribution in [1.29, 1.82) is 0 Å². The number of amides is 1. The van der Waals surface area contributed by atoms with Crippen molar-refractivity contribution in [3.8, 4) is 0 Å². The van der Waals surface area contributed by atoms with Gasteiger partial charge in [0.05, 0.1) is 5.69 Å². The molecule has 1 aromatic heterocycles. The number of rotatable bonds is 8. The van der Waals surface area contributed by atoms with Crippen molar-refractivity contribution in [3.05, 3.63) is 104 Å². The Balaban J connectivity index is 1.69. The van der Waals surface area contributed by atoms with E-state index in [1.807, 2.05) is 60.7 Å². The molecule has 0 bridgehead atoms. The van der Waals surface area contributed by atoms with Gasteiger partial charge in [0.15, 0.2) is 0 Å². The highest BCUT2D eigenvalue weighted by Crippen LogP contribution is 2.08. The number of alkyl carbamates (subject to hydrolysis) is 1. The van der Waals surface area contributed by atoms with Gasteiger partial charge in [-0.3, -0.25) is 13.9 Å². The smallest absolute Gasteiger partial charge is 0.408 e. The first-order valence-corrected chi connectivity index (χ1v) is 10.3. The van der Waals surface area contributed by atoms with Crippen molar-refractivity contribution in [3.63, 3.8) is 0 Å². The lowest BCUT2D eigenvalue weighted by Crippen LogP contribution is -2.44. The highest BCUT2D eigenvalue weighted by Gasteiger charge is 2.24. The van der Waals surface area contributed by atoms with Gasteiger partial charge in [-0.25, -0.2) is 14.4 Å². The first-order chi connectivity index (χ1) is 15.8. The Kier molecular flexibility index (Phi) is 7.80. The van der Waals surface area contributed by atoms with E-state index in [4.69, 9.17) is 9.47 Å². The molecule has 0 aliphatic rings. The third-order valence-electron chi connectivity index (χ3n) is 5.06. The zero-order valence-corrected chi connectivity index (χ0v) is 18.4. The highest BCUT2D eigenvalue weighted by molar-refractivity contribution is 5.81. The lowest BCUT2D eigenvalue weighted by Gasteiger charge is -2.18. The van der Waals surface area contributed by atoms with Gasteiger partial charge < -0.3 is 14.8 Å². The topological polar surface area (TPSA) is 109 Å². The van der Waals surface area contributed by atoms with E-state index in [1.165, 1.54) is 24.7 Å². The van der Waals surface area contributed by atoms with E-state index in [1.54, 1.807) is 0 Å². The van der Waals surface area contributed by atoms with Crippen molar-refractivity contribution in [1.82, 2.24) is 14.5 Å². The quantitative estimate of drug-likeness (QED) is 0.522. The Bertz CT molecular complexity index is 1220. The van der Waals surface area contributed by atoms with Gasteiger partial charge in [0.1, 0.15) is 19.3 Å². The number of nitrogens with zero attached hydrogens (tertiary/aromatic N) is 2. The number of carbonyl (C=O) groups is 2. The average molecular weight is 451 g/mol. The number of hydrogen-bond donors (Lipinski definition) is 1. The van der Waals surface area contributed by atoms with Crippen LogP contribution in [0.25, 0.3) is 0 Å². The van der Waals surface area contributed by atoms with E-state index in [9.17, 15) is 19.2 Å². The molecule has 3 aromatic rings. The summed E-state index contributed by atoms with van der Waals surface area (Å²) in [7, 11) is 2.84. The van der Waals surface area contributed by atoms with Crippen LogP contribution >= 0.6 is 0 Å². The van der Waals surface area contributed by atoms with Crippen LogP contribution in [-0.4, -0.2) is 27.2 Å². The zero-order valence-electron chi connectivity index (χ0n) is 18.4. The van der Waals surface area contributed by atoms with E-state index < -0.39 is 29.4 Å². The molecule has 0 fully saturated rings. The second kappa shape index (κ2) is 10.9. The first-order valence-electron chi connectivity index (χ1n) is 10.3. The molecule has 2 aromatic carbocycles. The van der Waals surface area contributed by atoms with Crippen LogP contribution in [0.5, 0.6) is 0 Å². The van der Waals surface area contributed by atoms with Crippen LogP contribution in [-0.2, 0) is 48.0 Å². The van der Waals surface area contributed by atoms with E-state index in [0.29, 0.717) is 0 Å². The maximum atomic E-state index is 12.8. The van der Waals surface area contributed by atoms with Crippen molar-refractivity contribution in [2.45, 2.75) is 25.7 Å². The largest absolute Gasteiger partial charge is 0.458 e. The fourth-order valence-electron chi connectivity index (χ4n) is 3.11. The van der Waals surface area contributed by atoms with Gasteiger partial charge in [-0.05, 0) is 11.1 Å². The van der Waals surface area contributed by atoms with Gasteiger partial charge in [-0.2, -0.15) is 0 Å². The molecule has 0 saturated carbocycles. The van der Waals surface area contributed by atoms with Crippen LogP contribution in [0.2, 0.25) is 0 Å². The Morgan fingerprint density at radius 2 is 1.45 bits per heavy atom. The van der Waals surface area contributed by atoms with Crippen LogP contribution in [0, 0.1) is 0 Å². The number of esters is 1. The lowest BCUT2D eigenvalue weighted by molar-refractivity contribution is -0.147. The summed E-state index contributed by atoms with van der Waals surface area (Å²) in [6, 6.07) is 18.5. The SMILES string of the molecule is Cn1c(COC(=O)[C@H](Cc2ccccc2)NC(=O)OCc2ccccc2)cc(=O)n(C)c1=O. The molecule has 33 heavy (non-hydrogen) atoms. The highest BCUT2D eigenvalue weighted by atomic mass is 16.6. The van der Waals surface area contributed by atoms with E-state index in [-0.39, 0.29) is 25.3 Å².